The molecule has 0 atom stereocenters. The van der Waals surface area contributed by atoms with Gasteiger partial charge in [0.15, 0.2) is 5.82 Å². The Morgan fingerprint density at radius 1 is 1.33 bits per heavy atom. The van der Waals surface area contributed by atoms with Gasteiger partial charge in [-0.3, -0.25) is 10.1 Å². The number of fused-ring (bicyclic) bond motifs is 1. The second-order valence-electron chi connectivity index (χ2n) is 5.19. The molecule has 24 heavy (non-hydrogen) atoms. The molecule has 2 amide bonds. The minimum absolute atomic E-state index is 0.0321. The van der Waals surface area contributed by atoms with Crippen molar-refractivity contribution in [3.8, 4) is 0 Å². The fraction of sp³-hybridized carbons (Fsp3) is 0.200. The van der Waals surface area contributed by atoms with E-state index < -0.39 is 6.09 Å². The van der Waals surface area contributed by atoms with Gasteiger partial charge in [-0.1, -0.05) is 11.3 Å². The first-order valence-corrected chi connectivity index (χ1v) is 7.18. The molecule has 2 heterocycles. The minimum Gasteiger partial charge on any atom is -0.453 e. The van der Waals surface area contributed by atoms with Gasteiger partial charge in [0.25, 0.3) is 0 Å². The maximum absolute atomic E-state index is 12.2. The number of methoxy groups -OCH3 is 1. The monoisotopic (exact) mass is 328 g/mol. The first kappa shape index (κ1) is 15.5. The lowest BCUT2D eigenvalue weighted by molar-refractivity contribution is -0.116. The highest BCUT2D eigenvalue weighted by Crippen LogP contribution is 2.24. The van der Waals surface area contributed by atoms with Crippen molar-refractivity contribution in [1.29, 1.82) is 0 Å². The summed E-state index contributed by atoms with van der Waals surface area (Å²) in [6, 6.07) is 7.61. The molecule has 2 aromatic heterocycles. The third-order valence-electron chi connectivity index (χ3n) is 3.33. The molecule has 0 aliphatic rings. The molecule has 9 heteroatoms. The van der Waals surface area contributed by atoms with Gasteiger partial charge in [0.1, 0.15) is 6.54 Å². The molecule has 1 aromatic carbocycles. The Bertz CT molecular complexity index is 898. The van der Waals surface area contributed by atoms with E-state index in [2.05, 4.69) is 30.7 Å². The van der Waals surface area contributed by atoms with Gasteiger partial charge in [-0.05, 0) is 25.1 Å². The van der Waals surface area contributed by atoms with E-state index in [1.54, 1.807) is 0 Å². The Balaban J connectivity index is 1.68. The molecule has 0 fully saturated rings. The van der Waals surface area contributed by atoms with Crippen molar-refractivity contribution in [2.75, 3.05) is 17.7 Å². The van der Waals surface area contributed by atoms with E-state index in [0.717, 1.165) is 22.3 Å². The highest BCUT2D eigenvalue weighted by molar-refractivity contribution is 6.01. The van der Waals surface area contributed by atoms with Crippen LogP contribution in [0.2, 0.25) is 0 Å². The molecule has 0 aliphatic carbocycles. The molecule has 0 unspecified atom stereocenters. The van der Waals surface area contributed by atoms with Crippen LogP contribution in [0.5, 0.6) is 0 Å². The normalized spacial score (nSPS) is 10.6. The standard InChI is InChI=1S/C15H16N6O3/c1-9-6-10-11(16-9)4-3-5-12(10)17-14(22)8-21-7-13(19-20-21)18-15(23)24-2/h3-7,16H,8H2,1-2H3,(H,17,22)(H,18,23). The summed E-state index contributed by atoms with van der Waals surface area (Å²) in [5, 5.41) is 13.7. The smallest absolute Gasteiger partial charge is 0.412 e. The van der Waals surface area contributed by atoms with Gasteiger partial charge in [0, 0.05) is 16.6 Å². The maximum atomic E-state index is 12.2. The van der Waals surface area contributed by atoms with E-state index in [4.69, 9.17) is 0 Å². The summed E-state index contributed by atoms with van der Waals surface area (Å²) in [5.41, 5.74) is 2.69. The zero-order chi connectivity index (χ0) is 17.1. The van der Waals surface area contributed by atoms with Crippen LogP contribution in [0.15, 0.2) is 30.5 Å². The van der Waals surface area contributed by atoms with Crippen LogP contribution >= 0.6 is 0 Å². The van der Waals surface area contributed by atoms with Crippen molar-refractivity contribution in [2.45, 2.75) is 13.5 Å². The van der Waals surface area contributed by atoms with E-state index in [9.17, 15) is 9.59 Å². The van der Waals surface area contributed by atoms with Gasteiger partial charge in [0.2, 0.25) is 5.91 Å². The number of H-pyrrole nitrogens is 1. The highest BCUT2D eigenvalue weighted by Gasteiger charge is 2.10. The fourth-order valence-electron chi connectivity index (χ4n) is 2.33. The van der Waals surface area contributed by atoms with Gasteiger partial charge >= 0.3 is 6.09 Å². The molecule has 3 rings (SSSR count). The molecule has 0 bridgehead atoms. The van der Waals surface area contributed by atoms with Crippen LogP contribution < -0.4 is 10.6 Å². The van der Waals surface area contributed by atoms with Crippen molar-refractivity contribution < 1.29 is 14.3 Å². The molecule has 0 spiro atoms. The Morgan fingerprint density at radius 3 is 2.96 bits per heavy atom. The predicted octanol–water partition coefficient (Wildman–Crippen LogP) is 1.88. The molecule has 0 saturated heterocycles. The van der Waals surface area contributed by atoms with Crippen LogP contribution in [0.25, 0.3) is 10.9 Å². The zero-order valence-electron chi connectivity index (χ0n) is 13.2. The fourth-order valence-corrected chi connectivity index (χ4v) is 2.33. The van der Waals surface area contributed by atoms with E-state index in [1.165, 1.54) is 18.0 Å². The largest absolute Gasteiger partial charge is 0.453 e. The number of aryl methyl sites for hydroxylation is 1. The minimum atomic E-state index is -0.652. The van der Waals surface area contributed by atoms with E-state index in [-0.39, 0.29) is 18.3 Å². The Kier molecular flexibility index (Phi) is 4.15. The number of hydrogen-bond acceptors (Lipinski definition) is 5. The molecule has 3 N–H and O–H groups in total. The highest BCUT2D eigenvalue weighted by atomic mass is 16.5. The molecule has 0 radical (unpaired) electrons. The third-order valence-corrected chi connectivity index (χ3v) is 3.33. The van der Waals surface area contributed by atoms with Crippen LogP contribution in [-0.2, 0) is 16.1 Å². The molecule has 0 aliphatic heterocycles. The summed E-state index contributed by atoms with van der Waals surface area (Å²) in [6.45, 7) is 1.92. The van der Waals surface area contributed by atoms with Crippen molar-refractivity contribution in [3.05, 3.63) is 36.2 Å². The summed E-state index contributed by atoms with van der Waals surface area (Å²) >= 11 is 0. The second kappa shape index (κ2) is 6.41. The van der Waals surface area contributed by atoms with Crippen molar-refractivity contribution in [1.82, 2.24) is 20.0 Å². The topological polar surface area (TPSA) is 114 Å². The summed E-state index contributed by atoms with van der Waals surface area (Å²) < 4.78 is 5.78. The number of nitrogens with one attached hydrogen (secondary N) is 3. The SMILES string of the molecule is COC(=O)Nc1cn(CC(=O)Nc2cccc3[nH]c(C)cc23)nn1. The molecule has 0 saturated carbocycles. The number of benzene rings is 1. The Morgan fingerprint density at radius 2 is 2.17 bits per heavy atom. The second-order valence-corrected chi connectivity index (χ2v) is 5.19. The van der Waals surface area contributed by atoms with E-state index in [0.29, 0.717) is 0 Å². The number of hydrogen-bond donors (Lipinski definition) is 3. The zero-order valence-corrected chi connectivity index (χ0v) is 13.2. The van der Waals surface area contributed by atoms with Gasteiger partial charge in [-0.15, -0.1) is 5.10 Å². The lowest BCUT2D eigenvalue weighted by atomic mass is 10.2. The van der Waals surface area contributed by atoms with Gasteiger partial charge in [-0.2, -0.15) is 0 Å². The van der Waals surface area contributed by atoms with Crippen LogP contribution in [0.3, 0.4) is 0 Å². The predicted molar refractivity (Wildman–Crippen MR) is 87.7 cm³/mol. The average Bonchev–Trinajstić information content (AvgIpc) is 3.13. The number of ether oxygens (including phenoxy) is 1. The van der Waals surface area contributed by atoms with Crippen LogP contribution in [0.4, 0.5) is 16.3 Å². The molecular weight excluding hydrogens is 312 g/mol. The number of rotatable bonds is 4. The van der Waals surface area contributed by atoms with Crippen molar-refractivity contribution in [2.24, 2.45) is 0 Å². The molecule has 3 aromatic rings. The van der Waals surface area contributed by atoms with Crippen molar-refractivity contribution >= 4 is 34.4 Å². The first-order chi connectivity index (χ1) is 11.5. The number of nitrogens with zero attached hydrogens (tertiary/aromatic N) is 3. The molecule has 124 valence electrons. The van der Waals surface area contributed by atoms with Crippen LogP contribution in [-0.4, -0.2) is 39.1 Å². The number of amides is 2. The lowest BCUT2D eigenvalue weighted by Gasteiger charge is -2.06. The van der Waals surface area contributed by atoms with Crippen LogP contribution in [0, 0.1) is 6.92 Å². The molecular formula is C15H16N6O3. The third kappa shape index (κ3) is 3.35. The Hall–Kier alpha value is -3.36. The number of carbonyl (C=O) groups excluding carboxylic acids is 2. The van der Waals surface area contributed by atoms with Gasteiger partial charge < -0.3 is 15.0 Å². The average molecular weight is 328 g/mol. The van der Waals surface area contributed by atoms with Gasteiger partial charge in [-0.25, -0.2) is 9.48 Å². The lowest BCUT2D eigenvalue weighted by Crippen LogP contribution is -2.19. The quantitative estimate of drug-likeness (QED) is 0.676. The van der Waals surface area contributed by atoms with E-state index >= 15 is 0 Å². The number of aromatic amines is 1. The van der Waals surface area contributed by atoms with Crippen molar-refractivity contribution in [3.63, 3.8) is 0 Å². The summed E-state index contributed by atoms with van der Waals surface area (Å²) in [4.78, 5) is 26.5. The van der Waals surface area contributed by atoms with Gasteiger partial charge in [0.05, 0.1) is 19.0 Å². The molecule has 9 nitrogen and oxygen atoms in total. The first-order valence-electron chi connectivity index (χ1n) is 7.18. The summed E-state index contributed by atoms with van der Waals surface area (Å²) in [7, 11) is 1.25. The van der Waals surface area contributed by atoms with E-state index in [1.807, 2.05) is 31.2 Å². The number of anilines is 2. The Labute approximate surface area is 137 Å². The van der Waals surface area contributed by atoms with Crippen LogP contribution in [0.1, 0.15) is 5.69 Å². The summed E-state index contributed by atoms with van der Waals surface area (Å²) in [5.74, 6) is -0.0473. The summed E-state index contributed by atoms with van der Waals surface area (Å²) in [6.07, 6.45) is 0.790. The number of aromatic nitrogens is 4. The maximum Gasteiger partial charge on any atom is 0.412 e. The number of carbonyl (C=O) groups is 2.